The van der Waals surface area contributed by atoms with Gasteiger partial charge in [0.2, 0.25) is 0 Å². The molecule has 1 N–H and O–H groups in total. The maximum Gasteiger partial charge on any atom is 0.318 e. The summed E-state index contributed by atoms with van der Waals surface area (Å²) in [6, 6.07) is 8.58. The zero-order chi connectivity index (χ0) is 25.5. The molecule has 0 fully saturated rings. The third-order valence-corrected chi connectivity index (χ3v) is 5.79. The second-order valence-electron chi connectivity index (χ2n) is 8.64. The number of hydrazone groups is 1. The molecule has 0 spiro atoms. The van der Waals surface area contributed by atoms with E-state index in [0.717, 1.165) is 17.0 Å². The summed E-state index contributed by atoms with van der Waals surface area (Å²) in [6.45, 7) is 4.18. The Labute approximate surface area is 206 Å². The molecule has 0 saturated heterocycles. The van der Waals surface area contributed by atoms with Gasteiger partial charge in [-0.25, -0.2) is 9.80 Å². The van der Waals surface area contributed by atoms with Crippen molar-refractivity contribution in [3.05, 3.63) is 47.8 Å². The quantitative estimate of drug-likeness (QED) is 0.558. The zero-order valence-corrected chi connectivity index (χ0v) is 21.3. The van der Waals surface area contributed by atoms with Crippen molar-refractivity contribution in [3.8, 4) is 11.5 Å². The highest BCUT2D eigenvalue weighted by molar-refractivity contribution is 6.02. The number of urea groups is 1. The van der Waals surface area contributed by atoms with Crippen LogP contribution in [0.3, 0.4) is 0 Å². The average molecular weight is 486 g/mol. The molecule has 0 radical (unpaired) electrons. The molecular weight excluding hydrogens is 450 g/mol. The molecule has 1 aromatic heterocycles. The second kappa shape index (κ2) is 11.7. The first-order valence-electron chi connectivity index (χ1n) is 11.6. The van der Waals surface area contributed by atoms with E-state index in [1.807, 2.05) is 62.0 Å². The molecule has 190 valence electrons. The summed E-state index contributed by atoms with van der Waals surface area (Å²) in [5, 5.41) is 9.04. The lowest BCUT2D eigenvalue weighted by Gasteiger charge is -2.28. The number of methoxy groups -OCH3 is 3. The number of aryl methyl sites for hydroxylation is 1. The fourth-order valence-electron chi connectivity index (χ4n) is 4.03. The topological polar surface area (TPSA) is 97.6 Å². The Bertz CT molecular complexity index is 1060. The molecule has 35 heavy (non-hydrogen) atoms. The predicted molar refractivity (Wildman–Crippen MR) is 133 cm³/mol. The number of amides is 3. The number of aromatic nitrogens is 1. The lowest BCUT2D eigenvalue weighted by molar-refractivity contribution is -0.133. The number of benzene rings is 1. The van der Waals surface area contributed by atoms with Crippen molar-refractivity contribution in [2.75, 3.05) is 41.0 Å². The predicted octanol–water partition coefficient (Wildman–Crippen LogP) is 2.79. The highest BCUT2D eigenvalue weighted by Gasteiger charge is 2.36. The van der Waals surface area contributed by atoms with Crippen LogP contribution in [0, 0.1) is 0 Å². The second-order valence-corrected chi connectivity index (χ2v) is 8.64. The Kier molecular flexibility index (Phi) is 8.75. The lowest BCUT2D eigenvalue weighted by Crippen LogP contribution is -2.48. The monoisotopic (exact) mass is 485 g/mol. The van der Waals surface area contributed by atoms with Crippen molar-refractivity contribution in [3.63, 3.8) is 0 Å². The summed E-state index contributed by atoms with van der Waals surface area (Å²) in [5.74, 6) is 0.975. The Balaban J connectivity index is 1.96. The Morgan fingerprint density at radius 3 is 2.57 bits per heavy atom. The van der Waals surface area contributed by atoms with Crippen LogP contribution in [0.2, 0.25) is 0 Å². The number of carbonyl (C=O) groups is 2. The van der Waals surface area contributed by atoms with Crippen LogP contribution in [-0.2, 0) is 16.6 Å². The molecule has 10 heteroatoms. The fraction of sp³-hybridized carbons (Fsp3) is 0.480. The van der Waals surface area contributed by atoms with E-state index in [9.17, 15) is 9.59 Å². The minimum Gasteiger partial charge on any atom is -0.497 e. The number of nitrogens with zero attached hydrogens (tertiary/aromatic N) is 4. The number of ether oxygens (including phenoxy) is 3. The van der Waals surface area contributed by atoms with Gasteiger partial charge in [0.25, 0.3) is 5.91 Å². The normalized spacial score (nSPS) is 15.2. The molecule has 1 aromatic carbocycles. The standard InChI is InChI=1S/C25H35N5O5/c1-17(2)26-25(32)29(12-13-33-4)16-24(31)30-22(15-20(27-30)21-8-7-11-28(21)3)19-14-18(34-5)9-10-23(19)35-6/h7-11,14,17,22H,12-13,15-16H2,1-6H3,(H,26,32). The minimum absolute atomic E-state index is 0.0646. The summed E-state index contributed by atoms with van der Waals surface area (Å²) in [6.07, 6.45) is 2.43. The molecular formula is C25H35N5O5. The van der Waals surface area contributed by atoms with E-state index in [2.05, 4.69) is 5.32 Å². The van der Waals surface area contributed by atoms with Gasteiger partial charge in [0.05, 0.1) is 38.3 Å². The first-order valence-corrected chi connectivity index (χ1v) is 11.6. The van der Waals surface area contributed by atoms with E-state index in [4.69, 9.17) is 19.3 Å². The van der Waals surface area contributed by atoms with Crippen LogP contribution in [0.25, 0.3) is 0 Å². The van der Waals surface area contributed by atoms with Gasteiger partial charge in [0.15, 0.2) is 0 Å². The zero-order valence-electron chi connectivity index (χ0n) is 21.3. The molecule has 0 aliphatic carbocycles. The van der Waals surface area contributed by atoms with E-state index < -0.39 is 6.04 Å². The summed E-state index contributed by atoms with van der Waals surface area (Å²) in [5.41, 5.74) is 2.47. The average Bonchev–Trinajstić information content (AvgIpc) is 3.46. The number of carbonyl (C=O) groups excluding carboxylic acids is 2. The SMILES string of the molecule is COCCN(CC(=O)N1N=C(c2cccn2C)CC1c1cc(OC)ccc1OC)C(=O)NC(C)C. The molecule has 1 aliphatic heterocycles. The van der Waals surface area contributed by atoms with Gasteiger partial charge in [-0.15, -0.1) is 0 Å². The van der Waals surface area contributed by atoms with Crippen molar-refractivity contribution in [2.45, 2.75) is 32.4 Å². The Hall–Kier alpha value is -3.53. The van der Waals surface area contributed by atoms with Gasteiger partial charge < -0.3 is 29.0 Å². The molecule has 0 bridgehead atoms. The first kappa shape index (κ1) is 26.1. The first-order chi connectivity index (χ1) is 16.8. The molecule has 1 atom stereocenters. The van der Waals surface area contributed by atoms with Crippen LogP contribution in [0.15, 0.2) is 41.6 Å². The van der Waals surface area contributed by atoms with Crippen molar-refractivity contribution in [2.24, 2.45) is 12.1 Å². The van der Waals surface area contributed by atoms with E-state index >= 15 is 0 Å². The Morgan fingerprint density at radius 2 is 1.97 bits per heavy atom. The molecule has 2 heterocycles. The third-order valence-electron chi connectivity index (χ3n) is 5.79. The lowest BCUT2D eigenvalue weighted by atomic mass is 9.99. The van der Waals surface area contributed by atoms with Crippen molar-refractivity contribution in [1.29, 1.82) is 0 Å². The van der Waals surface area contributed by atoms with Gasteiger partial charge >= 0.3 is 6.03 Å². The molecule has 3 amide bonds. The van der Waals surface area contributed by atoms with Crippen LogP contribution in [-0.4, -0.2) is 79.2 Å². The summed E-state index contributed by atoms with van der Waals surface area (Å²) in [4.78, 5) is 27.8. The number of hydrogen-bond donors (Lipinski definition) is 1. The summed E-state index contributed by atoms with van der Waals surface area (Å²) in [7, 11) is 6.68. The minimum atomic E-state index is -0.421. The maximum atomic E-state index is 13.6. The summed E-state index contributed by atoms with van der Waals surface area (Å²) >= 11 is 0. The number of hydrogen-bond acceptors (Lipinski definition) is 6. The van der Waals surface area contributed by atoms with Crippen LogP contribution >= 0.6 is 0 Å². The van der Waals surface area contributed by atoms with Crippen molar-refractivity contribution >= 4 is 17.6 Å². The molecule has 3 rings (SSSR count). The van der Waals surface area contributed by atoms with Crippen molar-refractivity contribution < 1.29 is 23.8 Å². The number of rotatable bonds is 10. The molecule has 0 saturated carbocycles. The van der Waals surface area contributed by atoms with Gasteiger partial charge in [0, 0.05) is 44.9 Å². The smallest absolute Gasteiger partial charge is 0.318 e. The number of nitrogens with one attached hydrogen (secondary N) is 1. The van der Waals surface area contributed by atoms with Gasteiger partial charge in [0.1, 0.15) is 18.0 Å². The largest absolute Gasteiger partial charge is 0.497 e. The van der Waals surface area contributed by atoms with Gasteiger partial charge in [-0.1, -0.05) is 0 Å². The highest BCUT2D eigenvalue weighted by Crippen LogP contribution is 2.39. The van der Waals surface area contributed by atoms with Crippen LogP contribution in [0.4, 0.5) is 4.79 Å². The Morgan fingerprint density at radius 1 is 1.20 bits per heavy atom. The van der Waals surface area contributed by atoms with Crippen LogP contribution in [0.1, 0.15) is 37.6 Å². The van der Waals surface area contributed by atoms with Gasteiger partial charge in [-0.3, -0.25) is 4.79 Å². The van der Waals surface area contributed by atoms with Crippen LogP contribution < -0.4 is 14.8 Å². The third kappa shape index (κ3) is 6.13. The highest BCUT2D eigenvalue weighted by atomic mass is 16.5. The van der Waals surface area contributed by atoms with Gasteiger partial charge in [-0.05, 0) is 44.2 Å². The van der Waals surface area contributed by atoms with E-state index in [1.165, 1.54) is 9.91 Å². The van der Waals surface area contributed by atoms with Crippen molar-refractivity contribution in [1.82, 2.24) is 19.8 Å². The van der Waals surface area contributed by atoms with Crippen LogP contribution in [0.5, 0.6) is 11.5 Å². The van der Waals surface area contributed by atoms with E-state index in [1.54, 1.807) is 21.3 Å². The summed E-state index contributed by atoms with van der Waals surface area (Å²) < 4.78 is 18.2. The van der Waals surface area contributed by atoms with Gasteiger partial charge in [-0.2, -0.15) is 5.10 Å². The molecule has 10 nitrogen and oxygen atoms in total. The molecule has 1 aliphatic rings. The van der Waals surface area contributed by atoms with E-state index in [-0.39, 0.29) is 31.1 Å². The maximum absolute atomic E-state index is 13.6. The molecule has 1 unspecified atom stereocenters. The van der Waals surface area contributed by atoms with E-state index in [0.29, 0.717) is 24.5 Å². The fourth-order valence-corrected chi connectivity index (χ4v) is 4.03. The molecule has 2 aromatic rings.